The Bertz CT molecular complexity index is 694. The van der Waals surface area contributed by atoms with Gasteiger partial charge < -0.3 is 10.2 Å². The molecular formula is C20H24N4O. The Balaban J connectivity index is 1.47. The molecule has 2 fully saturated rings. The summed E-state index contributed by atoms with van der Waals surface area (Å²) >= 11 is 0. The van der Waals surface area contributed by atoms with Crippen LogP contribution in [0.15, 0.2) is 54.7 Å². The first-order chi connectivity index (χ1) is 12.3. The highest BCUT2D eigenvalue weighted by molar-refractivity contribution is 5.83. The Morgan fingerprint density at radius 2 is 1.72 bits per heavy atom. The fourth-order valence-electron chi connectivity index (χ4n) is 3.42. The number of pyridine rings is 1. The molecule has 2 aliphatic rings. The number of hydrogen-bond acceptors (Lipinski definition) is 4. The molecule has 1 aromatic carbocycles. The van der Waals surface area contributed by atoms with Gasteiger partial charge in [-0.1, -0.05) is 36.4 Å². The van der Waals surface area contributed by atoms with E-state index in [9.17, 15) is 4.79 Å². The van der Waals surface area contributed by atoms with Crippen LogP contribution in [0.4, 0.5) is 5.82 Å². The lowest BCUT2D eigenvalue weighted by Gasteiger charge is -2.39. The summed E-state index contributed by atoms with van der Waals surface area (Å²) in [6.45, 7) is 3.48. The molecule has 0 unspecified atom stereocenters. The maximum atomic E-state index is 12.9. The number of carbonyl (C=O) groups excluding carboxylic acids is 1. The summed E-state index contributed by atoms with van der Waals surface area (Å²) < 4.78 is 0. The molecule has 1 aromatic heterocycles. The van der Waals surface area contributed by atoms with Crippen LogP contribution in [0.2, 0.25) is 0 Å². The van der Waals surface area contributed by atoms with Crippen LogP contribution in [-0.2, 0) is 4.79 Å². The van der Waals surface area contributed by atoms with Crippen molar-refractivity contribution in [3.8, 4) is 0 Å². The zero-order chi connectivity index (χ0) is 17.1. The average molecular weight is 336 g/mol. The predicted molar refractivity (Wildman–Crippen MR) is 98.4 cm³/mol. The minimum atomic E-state index is -0.201. The van der Waals surface area contributed by atoms with Gasteiger partial charge in [0.1, 0.15) is 11.9 Å². The summed E-state index contributed by atoms with van der Waals surface area (Å²) in [6.07, 6.45) is 4.05. The second-order valence-corrected chi connectivity index (χ2v) is 6.81. The zero-order valence-corrected chi connectivity index (χ0v) is 14.3. The number of rotatable bonds is 5. The summed E-state index contributed by atoms with van der Waals surface area (Å²) in [5, 5.41) is 3.19. The highest BCUT2D eigenvalue weighted by Gasteiger charge is 2.33. The highest BCUT2D eigenvalue weighted by Crippen LogP contribution is 2.26. The van der Waals surface area contributed by atoms with Gasteiger partial charge in [0.2, 0.25) is 5.91 Å². The molecule has 130 valence electrons. The van der Waals surface area contributed by atoms with E-state index in [0.717, 1.165) is 50.4 Å². The van der Waals surface area contributed by atoms with E-state index >= 15 is 0 Å². The normalized spacial score (nSPS) is 19.4. The number of hydrogen-bond donors (Lipinski definition) is 1. The minimum Gasteiger partial charge on any atom is -0.354 e. The number of aromatic nitrogens is 1. The van der Waals surface area contributed by atoms with Crippen molar-refractivity contribution in [2.45, 2.75) is 24.9 Å². The molecule has 0 spiro atoms. The molecule has 1 atom stereocenters. The Kier molecular flexibility index (Phi) is 4.65. The monoisotopic (exact) mass is 336 g/mol. The standard InChI is InChI=1S/C20H24N4O/c25-20(22-17-9-10-17)19(16-6-2-1-3-7-16)24-14-12-23(13-15-24)18-8-4-5-11-21-18/h1-8,11,17,19H,9-10,12-15H2,(H,22,25)/t19-/m1/s1. The second-order valence-electron chi connectivity index (χ2n) is 6.81. The number of amides is 1. The van der Waals surface area contributed by atoms with Crippen LogP contribution in [0.1, 0.15) is 24.4 Å². The summed E-state index contributed by atoms with van der Waals surface area (Å²) in [5.41, 5.74) is 1.08. The third-order valence-corrected chi connectivity index (χ3v) is 4.94. The molecule has 2 aromatic rings. The minimum absolute atomic E-state index is 0.139. The Morgan fingerprint density at radius 1 is 1.00 bits per heavy atom. The van der Waals surface area contributed by atoms with Crippen molar-refractivity contribution in [3.05, 3.63) is 60.3 Å². The maximum Gasteiger partial charge on any atom is 0.242 e. The van der Waals surface area contributed by atoms with E-state index in [2.05, 4.69) is 32.2 Å². The van der Waals surface area contributed by atoms with E-state index < -0.39 is 0 Å². The lowest BCUT2D eigenvalue weighted by atomic mass is 10.0. The van der Waals surface area contributed by atoms with E-state index in [-0.39, 0.29) is 11.9 Å². The SMILES string of the molecule is O=C(NC1CC1)[C@@H](c1ccccc1)N1CCN(c2ccccn2)CC1. The molecule has 5 nitrogen and oxygen atoms in total. The third-order valence-electron chi connectivity index (χ3n) is 4.94. The quantitative estimate of drug-likeness (QED) is 0.910. The third kappa shape index (κ3) is 3.82. The van der Waals surface area contributed by atoms with Crippen molar-refractivity contribution < 1.29 is 4.79 Å². The van der Waals surface area contributed by atoms with Crippen LogP contribution in [0, 0.1) is 0 Å². The fraction of sp³-hybridized carbons (Fsp3) is 0.400. The molecule has 1 N–H and O–H groups in total. The summed E-state index contributed by atoms with van der Waals surface area (Å²) in [7, 11) is 0. The van der Waals surface area contributed by atoms with Crippen molar-refractivity contribution in [2.24, 2.45) is 0 Å². The molecule has 1 amide bonds. The zero-order valence-electron chi connectivity index (χ0n) is 14.3. The van der Waals surface area contributed by atoms with E-state index in [1.165, 1.54) is 0 Å². The average Bonchev–Trinajstić information content (AvgIpc) is 3.48. The van der Waals surface area contributed by atoms with Crippen molar-refractivity contribution in [1.82, 2.24) is 15.2 Å². The van der Waals surface area contributed by atoms with Crippen molar-refractivity contribution >= 4 is 11.7 Å². The largest absolute Gasteiger partial charge is 0.354 e. The van der Waals surface area contributed by atoms with Crippen molar-refractivity contribution in [2.75, 3.05) is 31.1 Å². The molecule has 0 radical (unpaired) electrons. The first-order valence-corrected chi connectivity index (χ1v) is 9.06. The fourth-order valence-corrected chi connectivity index (χ4v) is 3.42. The van der Waals surface area contributed by atoms with Crippen LogP contribution >= 0.6 is 0 Å². The molecule has 1 aliphatic heterocycles. The summed E-state index contributed by atoms with van der Waals surface area (Å²) in [6, 6.07) is 16.3. The number of benzene rings is 1. The summed E-state index contributed by atoms with van der Waals surface area (Å²) in [4.78, 5) is 21.9. The highest BCUT2D eigenvalue weighted by atomic mass is 16.2. The molecule has 5 heteroatoms. The van der Waals surface area contributed by atoms with Gasteiger partial charge in [-0.15, -0.1) is 0 Å². The number of nitrogens with zero attached hydrogens (tertiary/aromatic N) is 3. The number of piperazine rings is 1. The van der Waals surface area contributed by atoms with Crippen molar-refractivity contribution in [3.63, 3.8) is 0 Å². The van der Waals surface area contributed by atoms with Crippen LogP contribution < -0.4 is 10.2 Å². The molecule has 4 rings (SSSR count). The molecular weight excluding hydrogens is 312 g/mol. The molecule has 1 aliphatic carbocycles. The number of nitrogens with one attached hydrogen (secondary N) is 1. The molecule has 2 heterocycles. The van der Waals surface area contributed by atoms with E-state index in [1.54, 1.807) is 0 Å². The van der Waals surface area contributed by atoms with Crippen LogP contribution in [0.3, 0.4) is 0 Å². The first-order valence-electron chi connectivity index (χ1n) is 9.06. The van der Waals surface area contributed by atoms with Gasteiger partial charge in [-0.05, 0) is 30.5 Å². The predicted octanol–water partition coefficient (Wildman–Crippen LogP) is 2.22. The van der Waals surface area contributed by atoms with Crippen LogP contribution in [0.25, 0.3) is 0 Å². The maximum absolute atomic E-state index is 12.9. The van der Waals surface area contributed by atoms with Gasteiger partial charge in [0.25, 0.3) is 0 Å². The Morgan fingerprint density at radius 3 is 2.36 bits per heavy atom. The lowest BCUT2D eigenvalue weighted by molar-refractivity contribution is -0.127. The first kappa shape index (κ1) is 16.1. The lowest BCUT2D eigenvalue weighted by Crippen LogP contribution is -2.51. The topological polar surface area (TPSA) is 48.5 Å². The number of anilines is 1. The van der Waals surface area contributed by atoms with Gasteiger partial charge in [0.05, 0.1) is 0 Å². The van der Waals surface area contributed by atoms with Gasteiger partial charge in [-0.3, -0.25) is 9.69 Å². The smallest absolute Gasteiger partial charge is 0.242 e. The van der Waals surface area contributed by atoms with Gasteiger partial charge in [0.15, 0.2) is 0 Å². The molecule has 25 heavy (non-hydrogen) atoms. The van der Waals surface area contributed by atoms with E-state index in [1.807, 2.05) is 42.6 Å². The molecule has 1 saturated carbocycles. The molecule has 0 bridgehead atoms. The summed E-state index contributed by atoms with van der Waals surface area (Å²) in [5.74, 6) is 1.15. The van der Waals surface area contributed by atoms with Gasteiger partial charge >= 0.3 is 0 Å². The van der Waals surface area contributed by atoms with Gasteiger partial charge in [0, 0.05) is 38.4 Å². The van der Waals surface area contributed by atoms with E-state index in [0.29, 0.717) is 6.04 Å². The van der Waals surface area contributed by atoms with E-state index in [4.69, 9.17) is 0 Å². The Labute approximate surface area is 148 Å². The van der Waals surface area contributed by atoms with Crippen LogP contribution in [0.5, 0.6) is 0 Å². The van der Waals surface area contributed by atoms with Crippen LogP contribution in [-0.4, -0.2) is 48.0 Å². The Hall–Kier alpha value is -2.40. The van der Waals surface area contributed by atoms with Crippen molar-refractivity contribution in [1.29, 1.82) is 0 Å². The van der Waals surface area contributed by atoms with Gasteiger partial charge in [-0.2, -0.15) is 0 Å². The second kappa shape index (κ2) is 7.23. The van der Waals surface area contributed by atoms with Gasteiger partial charge in [-0.25, -0.2) is 4.98 Å². The molecule has 1 saturated heterocycles. The number of carbonyl (C=O) groups is 1.